The first-order valence-electron chi connectivity index (χ1n) is 9.77. The maximum Gasteiger partial charge on any atom is 0.253 e. The fourth-order valence-electron chi connectivity index (χ4n) is 6.05. The summed E-state index contributed by atoms with van der Waals surface area (Å²) in [6.45, 7) is 2.14. The summed E-state index contributed by atoms with van der Waals surface area (Å²) in [5.41, 5.74) is 0.674. The van der Waals surface area contributed by atoms with Crippen LogP contribution in [-0.4, -0.2) is 24.4 Å². The van der Waals surface area contributed by atoms with E-state index >= 15 is 0 Å². The second-order valence-electron chi connectivity index (χ2n) is 8.73. The zero-order valence-electron chi connectivity index (χ0n) is 15.3. The van der Waals surface area contributed by atoms with Gasteiger partial charge in [-0.15, -0.1) is 0 Å². The Balaban J connectivity index is 1.32. The molecule has 2 amide bonds. The van der Waals surface area contributed by atoms with Crippen molar-refractivity contribution in [2.75, 3.05) is 6.54 Å². The number of benzene rings is 1. The molecule has 5 rings (SSSR count). The van der Waals surface area contributed by atoms with Crippen LogP contribution in [0, 0.1) is 23.2 Å². The molecule has 0 saturated heterocycles. The van der Waals surface area contributed by atoms with E-state index in [9.17, 15) is 9.59 Å². The molecule has 5 heteroatoms. The number of rotatable bonds is 5. The minimum absolute atomic E-state index is 0.0131. The number of halogens is 1. The lowest BCUT2D eigenvalue weighted by Crippen LogP contribution is -2.56. The molecule has 140 valence electrons. The molecule has 0 spiro atoms. The number of amides is 2. The van der Waals surface area contributed by atoms with Crippen molar-refractivity contribution >= 4 is 23.4 Å². The van der Waals surface area contributed by atoms with E-state index < -0.39 is 0 Å². The van der Waals surface area contributed by atoms with Gasteiger partial charge in [0.15, 0.2) is 0 Å². The van der Waals surface area contributed by atoms with Crippen molar-refractivity contribution in [3.8, 4) is 0 Å². The summed E-state index contributed by atoms with van der Waals surface area (Å²) in [5, 5.41) is 6.25. The fraction of sp³-hybridized carbons (Fsp3) is 0.619. The van der Waals surface area contributed by atoms with Gasteiger partial charge >= 0.3 is 0 Å². The summed E-state index contributed by atoms with van der Waals surface area (Å²) in [4.78, 5) is 24.6. The van der Waals surface area contributed by atoms with Gasteiger partial charge in [0.25, 0.3) is 5.91 Å². The zero-order valence-corrected chi connectivity index (χ0v) is 16.0. The van der Waals surface area contributed by atoms with Crippen LogP contribution >= 0.6 is 11.6 Å². The van der Waals surface area contributed by atoms with Crippen LogP contribution < -0.4 is 10.6 Å². The van der Waals surface area contributed by atoms with Gasteiger partial charge in [-0.2, -0.15) is 0 Å². The monoisotopic (exact) mass is 374 g/mol. The van der Waals surface area contributed by atoms with Crippen LogP contribution in [0.25, 0.3) is 0 Å². The van der Waals surface area contributed by atoms with Crippen molar-refractivity contribution < 1.29 is 9.59 Å². The molecule has 1 aromatic carbocycles. The highest BCUT2D eigenvalue weighted by atomic mass is 35.5. The Bertz CT molecular complexity index is 682. The molecule has 0 aliphatic heterocycles. The zero-order chi connectivity index (χ0) is 18.3. The molecule has 4 aliphatic rings. The predicted octanol–water partition coefficient (Wildman–Crippen LogP) is 3.79. The molecule has 1 aromatic rings. The molecule has 0 radical (unpaired) electrons. The standard InChI is InChI=1S/C21H27ClN2O2/c1-13(21-9-14-6-15(10-21)8-16(7-14)11-21)24-19(25)12-23-20(26)17-4-2-3-5-18(17)22/h2-5,13-16H,6-12H2,1H3,(H,23,26)(H,24,25). The molecule has 1 atom stereocenters. The van der Waals surface area contributed by atoms with Gasteiger partial charge in [0.1, 0.15) is 0 Å². The molecule has 26 heavy (non-hydrogen) atoms. The second-order valence-corrected chi connectivity index (χ2v) is 9.14. The lowest BCUT2D eigenvalue weighted by Gasteiger charge is -2.59. The van der Waals surface area contributed by atoms with Gasteiger partial charge < -0.3 is 10.6 Å². The summed E-state index contributed by atoms with van der Waals surface area (Å²) in [5.74, 6) is 2.16. The number of hydrogen-bond donors (Lipinski definition) is 2. The second kappa shape index (κ2) is 6.88. The van der Waals surface area contributed by atoms with E-state index in [2.05, 4.69) is 17.6 Å². The van der Waals surface area contributed by atoms with Crippen LogP contribution in [0.15, 0.2) is 24.3 Å². The third-order valence-corrected chi connectivity index (χ3v) is 7.24. The molecule has 0 heterocycles. The van der Waals surface area contributed by atoms with Crippen molar-refractivity contribution in [3.05, 3.63) is 34.9 Å². The molecular weight excluding hydrogens is 348 g/mol. The van der Waals surface area contributed by atoms with Crippen LogP contribution in [0.1, 0.15) is 55.8 Å². The van der Waals surface area contributed by atoms with Crippen molar-refractivity contribution in [2.45, 2.75) is 51.5 Å². The van der Waals surface area contributed by atoms with Crippen LogP contribution in [0.3, 0.4) is 0 Å². The van der Waals surface area contributed by atoms with Gasteiger partial charge in [-0.1, -0.05) is 23.7 Å². The van der Waals surface area contributed by atoms with E-state index in [0.717, 1.165) is 17.8 Å². The van der Waals surface area contributed by atoms with Crippen LogP contribution in [0.4, 0.5) is 0 Å². The fourth-order valence-corrected chi connectivity index (χ4v) is 6.28. The van der Waals surface area contributed by atoms with Gasteiger partial charge in [0, 0.05) is 6.04 Å². The van der Waals surface area contributed by atoms with Crippen molar-refractivity contribution in [1.82, 2.24) is 10.6 Å². The van der Waals surface area contributed by atoms with Crippen molar-refractivity contribution in [2.24, 2.45) is 23.2 Å². The summed E-state index contributed by atoms with van der Waals surface area (Å²) in [6.07, 6.45) is 7.96. The largest absolute Gasteiger partial charge is 0.352 e. The summed E-state index contributed by atoms with van der Waals surface area (Å²) in [7, 11) is 0. The predicted molar refractivity (Wildman–Crippen MR) is 102 cm³/mol. The van der Waals surface area contributed by atoms with Crippen molar-refractivity contribution in [1.29, 1.82) is 0 Å². The third kappa shape index (κ3) is 3.36. The minimum atomic E-state index is -0.312. The normalized spacial score (nSPS) is 32.9. The highest BCUT2D eigenvalue weighted by Gasteiger charge is 2.53. The van der Waals surface area contributed by atoms with Crippen molar-refractivity contribution in [3.63, 3.8) is 0 Å². The molecular formula is C21H27ClN2O2. The van der Waals surface area contributed by atoms with Gasteiger partial charge in [-0.3, -0.25) is 9.59 Å². The quantitative estimate of drug-likeness (QED) is 0.823. The maximum absolute atomic E-state index is 12.4. The molecule has 4 fully saturated rings. The number of carbonyl (C=O) groups excluding carboxylic acids is 2. The molecule has 4 nitrogen and oxygen atoms in total. The molecule has 4 saturated carbocycles. The summed E-state index contributed by atoms with van der Waals surface area (Å²) >= 11 is 6.03. The Morgan fingerprint density at radius 1 is 1.12 bits per heavy atom. The number of carbonyl (C=O) groups is 2. The van der Waals surface area contributed by atoms with E-state index in [4.69, 9.17) is 11.6 Å². The third-order valence-electron chi connectivity index (χ3n) is 6.91. The lowest BCUT2D eigenvalue weighted by atomic mass is 9.48. The Kier molecular flexibility index (Phi) is 4.72. The Labute approximate surface area is 160 Å². The Morgan fingerprint density at radius 3 is 2.27 bits per heavy atom. The SMILES string of the molecule is CC(NC(=O)CNC(=O)c1ccccc1Cl)C12CC3CC(CC(C3)C1)C2. The highest BCUT2D eigenvalue weighted by molar-refractivity contribution is 6.33. The molecule has 4 bridgehead atoms. The molecule has 4 aliphatic carbocycles. The van der Waals surface area contributed by atoms with Crippen LogP contribution in [-0.2, 0) is 4.79 Å². The first kappa shape index (κ1) is 17.8. The topological polar surface area (TPSA) is 58.2 Å². The smallest absolute Gasteiger partial charge is 0.253 e. The van der Waals surface area contributed by atoms with Crippen LogP contribution in [0.2, 0.25) is 5.02 Å². The number of hydrogen-bond acceptors (Lipinski definition) is 2. The summed E-state index contributed by atoms with van der Waals surface area (Å²) in [6, 6.07) is 7.04. The Morgan fingerprint density at radius 2 is 1.69 bits per heavy atom. The van der Waals surface area contributed by atoms with E-state index in [0.29, 0.717) is 10.6 Å². The van der Waals surface area contributed by atoms with Gasteiger partial charge in [-0.05, 0) is 80.8 Å². The van der Waals surface area contributed by atoms with Gasteiger partial charge in [-0.25, -0.2) is 0 Å². The number of nitrogens with one attached hydrogen (secondary N) is 2. The molecule has 2 N–H and O–H groups in total. The average molecular weight is 375 g/mol. The van der Waals surface area contributed by atoms with E-state index in [1.807, 2.05) is 0 Å². The van der Waals surface area contributed by atoms with Gasteiger partial charge in [0.2, 0.25) is 5.91 Å². The maximum atomic E-state index is 12.4. The Hall–Kier alpha value is -1.55. The molecule has 0 aromatic heterocycles. The highest BCUT2D eigenvalue weighted by Crippen LogP contribution is 2.61. The van der Waals surface area contributed by atoms with E-state index in [-0.39, 0.29) is 29.8 Å². The first-order valence-corrected chi connectivity index (χ1v) is 10.1. The van der Waals surface area contributed by atoms with Crippen LogP contribution in [0.5, 0.6) is 0 Å². The van der Waals surface area contributed by atoms with E-state index in [1.165, 1.54) is 38.5 Å². The van der Waals surface area contributed by atoms with Gasteiger partial charge in [0.05, 0.1) is 17.1 Å². The minimum Gasteiger partial charge on any atom is -0.352 e. The molecule has 1 unspecified atom stereocenters. The lowest BCUT2D eigenvalue weighted by molar-refractivity contribution is -0.124. The van der Waals surface area contributed by atoms with E-state index in [1.54, 1.807) is 24.3 Å². The first-order chi connectivity index (χ1) is 12.4. The summed E-state index contributed by atoms with van der Waals surface area (Å²) < 4.78 is 0. The average Bonchev–Trinajstić information content (AvgIpc) is 2.59.